The quantitative estimate of drug-likeness (QED) is 0.627. The molecule has 0 saturated carbocycles. The molecule has 0 aliphatic rings. The smallest absolute Gasteiger partial charge is 0.00109 e. The molecule has 0 fully saturated rings. The average Bonchev–Trinajstić information content (AvgIpc) is 2.14. The lowest BCUT2D eigenvalue weighted by atomic mass is 9.98. The molecule has 0 aromatic carbocycles. The van der Waals surface area contributed by atoms with Crippen molar-refractivity contribution in [3.63, 3.8) is 0 Å². The van der Waals surface area contributed by atoms with Gasteiger partial charge in [-0.1, -0.05) is 34.6 Å². The summed E-state index contributed by atoms with van der Waals surface area (Å²) in [6.07, 6.45) is 0. The first kappa shape index (κ1) is 13.9. The Balaban J connectivity index is 3.34. The highest BCUT2D eigenvalue weighted by molar-refractivity contribution is 4.64. The predicted molar refractivity (Wildman–Crippen MR) is 64.6 cm³/mol. The van der Waals surface area contributed by atoms with Gasteiger partial charge in [0, 0.05) is 0 Å². The monoisotopic (exact) mass is 200 g/mol. The normalized spacial score (nSPS) is 15.9. The molecule has 0 spiro atoms. The van der Waals surface area contributed by atoms with E-state index >= 15 is 0 Å². The maximum atomic E-state index is 3.54. The van der Waals surface area contributed by atoms with Crippen LogP contribution in [0, 0.1) is 17.8 Å². The maximum Gasteiger partial charge on any atom is -0.00109 e. The molecule has 0 aromatic heterocycles. The highest BCUT2D eigenvalue weighted by Crippen LogP contribution is 2.07. The summed E-state index contributed by atoms with van der Waals surface area (Å²) in [5, 5.41) is 6.90. The van der Waals surface area contributed by atoms with E-state index in [0.29, 0.717) is 0 Å². The van der Waals surface area contributed by atoms with E-state index in [1.807, 2.05) is 0 Å². The molecule has 2 N–H and O–H groups in total. The zero-order valence-electron chi connectivity index (χ0n) is 10.6. The summed E-state index contributed by atoms with van der Waals surface area (Å²) in [6.45, 7) is 15.8. The molecule has 0 aliphatic carbocycles. The van der Waals surface area contributed by atoms with Gasteiger partial charge in [-0.15, -0.1) is 0 Å². The van der Waals surface area contributed by atoms with Gasteiger partial charge in [0.05, 0.1) is 0 Å². The van der Waals surface area contributed by atoms with Gasteiger partial charge >= 0.3 is 0 Å². The molecule has 0 bridgehead atoms. The second kappa shape index (κ2) is 8.25. The molecular weight excluding hydrogens is 172 g/mol. The minimum Gasteiger partial charge on any atom is -0.317 e. The molecule has 2 unspecified atom stereocenters. The number of hydrogen-bond donors (Lipinski definition) is 2. The molecule has 0 rings (SSSR count). The van der Waals surface area contributed by atoms with Crippen molar-refractivity contribution >= 4 is 0 Å². The minimum absolute atomic E-state index is 0.731. The lowest BCUT2D eigenvalue weighted by molar-refractivity contribution is 0.374. The molecule has 0 heterocycles. The van der Waals surface area contributed by atoms with Crippen molar-refractivity contribution in [3.8, 4) is 0 Å². The van der Waals surface area contributed by atoms with Crippen molar-refractivity contribution in [2.45, 2.75) is 34.6 Å². The first-order valence-corrected chi connectivity index (χ1v) is 5.99. The molecule has 0 saturated heterocycles. The van der Waals surface area contributed by atoms with E-state index < -0.39 is 0 Å². The molecular formula is C12H28N2. The van der Waals surface area contributed by atoms with E-state index in [1.54, 1.807) is 0 Å². The van der Waals surface area contributed by atoms with Gasteiger partial charge in [-0.3, -0.25) is 0 Å². The summed E-state index contributed by atoms with van der Waals surface area (Å²) in [7, 11) is 0. The van der Waals surface area contributed by atoms with Crippen LogP contribution in [0.3, 0.4) is 0 Å². The van der Waals surface area contributed by atoms with Gasteiger partial charge < -0.3 is 10.6 Å². The zero-order chi connectivity index (χ0) is 11.0. The molecule has 2 atom stereocenters. The van der Waals surface area contributed by atoms with E-state index in [9.17, 15) is 0 Å². The zero-order valence-corrected chi connectivity index (χ0v) is 10.6. The van der Waals surface area contributed by atoms with Crippen molar-refractivity contribution in [1.82, 2.24) is 10.6 Å². The molecule has 0 aliphatic heterocycles. The summed E-state index contributed by atoms with van der Waals surface area (Å²) in [5.74, 6) is 2.29. The van der Waals surface area contributed by atoms with Gasteiger partial charge in [-0.05, 0) is 43.9 Å². The van der Waals surface area contributed by atoms with Gasteiger partial charge in [0.15, 0.2) is 0 Å². The molecule has 86 valence electrons. The fourth-order valence-corrected chi connectivity index (χ4v) is 1.26. The maximum absolute atomic E-state index is 3.54. The van der Waals surface area contributed by atoms with Crippen LogP contribution in [0.25, 0.3) is 0 Å². The van der Waals surface area contributed by atoms with Gasteiger partial charge in [-0.2, -0.15) is 0 Å². The van der Waals surface area contributed by atoms with Crippen LogP contribution in [0.15, 0.2) is 0 Å². The summed E-state index contributed by atoms with van der Waals surface area (Å²) in [4.78, 5) is 0. The molecule has 14 heavy (non-hydrogen) atoms. The van der Waals surface area contributed by atoms with Crippen molar-refractivity contribution in [3.05, 3.63) is 0 Å². The summed E-state index contributed by atoms with van der Waals surface area (Å²) < 4.78 is 0. The van der Waals surface area contributed by atoms with Gasteiger partial charge in [0.25, 0.3) is 0 Å². The second-order valence-electron chi connectivity index (χ2n) is 4.79. The number of nitrogens with one attached hydrogen (secondary N) is 2. The molecule has 0 amide bonds. The van der Waals surface area contributed by atoms with Crippen LogP contribution in [-0.4, -0.2) is 26.2 Å². The first-order chi connectivity index (χ1) is 6.57. The van der Waals surface area contributed by atoms with Crippen LogP contribution < -0.4 is 10.6 Å². The molecule has 2 nitrogen and oxygen atoms in total. The van der Waals surface area contributed by atoms with Gasteiger partial charge in [0.2, 0.25) is 0 Å². The Hall–Kier alpha value is -0.0800. The van der Waals surface area contributed by atoms with Crippen LogP contribution in [-0.2, 0) is 0 Å². The van der Waals surface area contributed by atoms with Crippen molar-refractivity contribution in [1.29, 1.82) is 0 Å². The first-order valence-electron chi connectivity index (χ1n) is 5.99. The fraction of sp³-hybridized carbons (Fsp3) is 1.00. The summed E-state index contributed by atoms with van der Waals surface area (Å²) >= 11 is 0. The SMILES string of the molecule is CCNCC(C)CNCC(C)C(C)C. The highest BCUT2D eigenvalue weighted by Gasteiger charge is 2.07. The number of rotatable bonds is 8. The second-order valence-corrected chi connectivity index (χ2v) is 4.79. The van der Waals surface area contributed by atoms with Crippen LogP contribution >= 0.6 is 0 Å². The van der Waals surface area contributed by atoms with Crippen LogP contribution in [0.2, 0.25) is 0 Å². The Bertz CT molecular complexity index is 123. The Labute approximate surface area is 89.9 Å². The van der Waals surface area contributed by atoms with Crippen LogP contribution in [0.1, 0.15) is 34.6 Å². The lowest BCUT2D eigenvalue weighted by Crippen LogP contribution is -2.32. The Morgan fingerprint density at radius 2 is 1.43 bits per heavy atom. The third-order valence-corrected chi connectivity index (χ3v) is 2.84. The lowest BCUT2D eigenvalue weighted by Gasteiger charge is -2.18. The van der Waals surface area contributed by atoms with Crippen molar-refractivity contribution in [2.24, 2.45) is 17.8 Å². The van der Waals surface area contributed by atoms with E-state index in [-0.39, 0.29) is 0 Å². The summed E-state index contributed by atoms with van der Waals surface area (Å²) in [5.41, 5.74) is 0. The molecule has 0 aromatic rings. The standard InChI is InChI=1S/C12H28N2/c1-6-13-7-11(4)8-14-9-12(5)10(2)3/h10-14H,6-9H2,1-5H3. The largest absolute Gasteiger partial charge is 0.317 e. The third kappa shape index (κ3) is 7.34. The Morgan fingerprint density at radius 1 is 0.857 bits per heavy atom. The third-order valence-electron chi connectivity index (χ3n) is 2.84. The fourth-order valence-electron chi connectivity index (χ4n) is 1.26. The van der Waals surface area contributed by atoms with E-state index in [2.05, 4.69) is 45.3 Å². The Morgan fingerprint density at radius 3 is 1.93 bits per heavy atom. The predicted octanol–water partition coefficient (Wildman–Crippen LogP) is 2.11. The number of hydrogen-bond acceptors (Lipinski definition) is 2. The van der Waals surface area contributed by atoms with Crippen LogP contribution in [0.4, 0.5) is 0 Å². The topological polar surface area (TPSA) is 24.1 Å². The highest BCUT2D eigenvalue weighted by atomic mass is 14.9. The average molecular weight is 200 g/mol. The van der Waals surface area contributed by atoms with E-state index in [1.165, 1.54) is 0 Å². The Kier molecular flexibility index (Phi) is 8.20. The molecule has 0 radical (unpaired) electrons. The summed E-state index contributed by atoms with van der Waals surface area (Å²) in [6, 6.07) is 0. The van der Waals surface area contributed by atoms with E-state index in [0.717, 1.165) is 43.9 Å². The van der Waals surface area contributed by atoms with Crippen molar-refractivity contribution < 1.29 is 0 Å². The van der Waals surface area contributed by atoms with Crippen molar-refractivity contribution in [2.75, 3.05) is 26.2 Å². The minimum atomic E-state index is 0.731. The van der Waals surface area contributed by atoms with Crippen LogP contribution in [0.5, 0.6) is 0 Å². The van der Waals surface area contributed by atoms with Gasteiger partial charge in [0.1, 0.15) is 0 Å². The van der Waals surface area contributed by atoms with Gasteiger partial charge in [-0.25, -0.2) is 0 Å². The van der Waals surface area contributed by atoms with E-state index in [4.69, 9.17) is 0 Å². The molecule has 2 heteroatoms.